The van der Waals surface area contributed by atoms with Gasteiger partial charge in [0.05, 0.1) is 11.7 Å². The summed E-state index contributed by atoms with van der Waals surface area (Å²) in [5.74, 6) is -4.01. The number of aromatic nitrogens is 2. The third-order valence-electron chi connectivity index (χ3n) is 5.54. The monoisotopic (exact) mass is 636 g/mol. The predicted octanol–water partition coefficient (Wildman–Crippen LogP) is -5.42. The predicted molar refractivity (Wildman–Crippen MR) is 148 cm³/mol. The van der Waals surface area contributed by atoms with Crippen LogP contribution < -0.4 is 20.7 Å². The molecule has 1 saturated heterocycles. The molecule has 2 atom stereocenters. The van der Waals surface area contributed by atoms with Crippen LogP contribution in [0.5, 0.6) is 0 Å². The highest BCUT2D eigenvalue weighted by Crippen LogP contribution is 2.40. The number of carbonyl (C=O) groups is 4. The van der Waals surface area contributed by atoms with Gasteiger partial charge in [0.1, 0.15) is 17.1 Å². The fourth-order valence-electron chi connectivity index (χ4n) is 3.56. The smallest absolute Gasteiger partial charge is 0.350 e. The molecule has 1 fully saturated rings. The summed E-state index contributed by atoms with van der Waals surface area (Å²) >= 11 is 2.32. The van der Waals surface area contributed by atoms with Crippen molar-refractivity contribution in [3.8, 4) is 0 Å². The highest BCUT2D eigenvalue weighted by molar-refractivity contribution is 8.00. The summed E-state index contributed by atoms with van der Waals surface area (Å²) in [6.45, 7) is 2.74. The van der Waals surface area contributed by atoms with E-state index in [1.54, 1.807) is 29.1 Å². The summed E-state index contributed by atoms with van der Waals surface area (Å²) in [6.07, 6.45) is 3.55. The van der Waals surface area contributed by atoms with Crippen LogP contribution in [0.25, 0.3) is 0 Å². The van der Waals surface area contributed by atoms with Gasteiger partial charge in [-0.25, -0.2) is 14.3 Å². The highest BCUT2D eigenvalue weighted by atomic mass is 32.2. The quantitative estimate of drug-likeness (QED) is 0.101. The largest absolute Gasteiger partial charge is 0.543 e. The second kappa shape index (κ2) is 15.7. The van der Waals surface area contributed by atoms with Crippen LogP contribution in [0.2, 0.25) is 0 Å². The number of amides is 2. The number of thiazole rings is 1. The number of nitrogen functional groups attached to an aromatic ring is 1. The Bertz CT molecular complexity index is 1330. The molecule has 2 aromatic heterocycles. The molecular weight excluding hydrogens is 604 g/mol. The van der Waals surface area contributed by atoms with Crippen LogP contribution >= 0.6 is 23.1 Å². The number of hydrogen-bond acceptors (Lipinski definition) is 11. The number of carbonyl (C=O) groups excluding carboxylic acids is 3. The van der Waals surface area contributed by atoms with Crippen molar-refractivity contribution in [2.75, 3.05) is 11.5 Å². The number of carboxylic acid groups (broad SMARTS) is 2. The van der Waals surface area contributed by atoms with Crippen LogP contribution in [0.3, 0.4) is 0 Å². The molecule has 14 N–H and O–H groups in total. The molecule has 0 saturated carbocycles. The molecule has 0 radical (unpaired) electrons. The summed E-state index contributed by atoms with van der Waals surface area (Å²) in [6, 6.07) is 4.36. The van der Waals surface area contributed by atoms with Gasteiger partial charge in [-0.15, -0.1) is 23.1 Å². The first kappa shape index (κ1) is 40.0. The van der Waals surface area contributed by atoms with Crippen molar-refractivity contribution in [1.82, 2.24) is 15.2 Å². The molecule has 0 aliphatic carbocycles. The number of rotatable bonds is 9. The van der Waals surface area contributed by atoms with Gasteiger partial charge < -0.3 is 58.3 Å². The van der Waals surface area contributed by atoms with Crippen molar-refractivity contribution in [3.63, 3.8) is 0 Å². The van der Waals surface area contributed by atoms with E-state index in [0.717, 1.165) is 16.2 Å². The molecule has 0 spiro atoms. The van der Waals surface area contributed by atoms with Gasteiger partial charge in [-0.2, -0.15) is 0 Å². The first-order chi connectivity index (χ1) is 17.5. The van der Waals surface area contributed by atoms with Crippen LogP contribution in [-0.4, -0.2) is 94.6 Å². The lowest BCUT2D eigenvalue weighted by atomic mass is 10.0. The Balaban J connectivity index is 0. The minimum absolute atomic E-state index is 0. The molecule has 4 heterocycles. The van der Waals surface area contributed by atoms with Crippen molar-refractivity contribution >= 4 is 57.7 Å². The number of fused-ring (bicyclic) bond motifs is 1. The molecule has 2 aliphatic heterocycles. The zero-order valence-electron chi connectivity index (χ0n) is 22.1. The van der Waals surface area contributed by atoms with E-state index >= 15 is 0 Å². The number of nitrogens with one attached hydrogen (secondary N) is 1. The van der Waals surface area contributed by atoms with Gasteiger partial charge in [0.15, 0.2) is 29.8 Å². The van der Waals surface area contributed by atoms with Gasteiger partial charge in [0.25, 0.3) is 11.8 Å². The second-order valence-electron chi connectivity index (χ2n) is 8.57. The van der Waals surface area contributed by atoms with Crippen LogP contribution in [0.4, 0.5) is 5.13 Å². The van der Waals surface area contributed by atoms with E-state index in [1.165, 1.54) is 31.0 Å². The number of carboxylic acids is 2. The summed E-state index contributed by atoms with van der Waals surface area (Å²) in [5, 5.41) is 28.4. The van der Waals surface area contributed by atoms with E-state index in [-0.39, 0.29) is 56.2 Å². The highest BCUT2D eigenvalue weighted by Gasteiger charge is 2.53. The van der Waals surface area contributed by atoms with Gasteiger partial charge in [-0.1, -0.05) is 11.2 Å². The minimum atomic E-state index is -1.75. The number of hydrogen-bond donors (Lipinski definition) is 3. The number of oxime groups is 1. The van der Waals surface area contributed by atoms with E-state index in [0.29, 0.717) is 11.3 Å². The number of nitrogens with zero attached hydrogens (tertiary/aromatic N) is 4. The van der Waals surface area contributed by atoms with Gasteiger partial charge in [-0.3, -0.25) is 14.5 Å². The van der Waals surface area contributed by atoms with Gasteiger partial charge >= 0.3 is 5.97 Å². The number of aliphatic carboxylic acids is 2. The van der Waals surface area contributed by atoms with Crippen LogP contribution in [0, 0.1) is 0 Å². The van der Waals surface area contributed by atoms with Gasteiger partial charge in [0, 0.05) is 28.8 Å². The summed E-state index contributed by atoms with van der Waals surface area (Å²) in [4.78, 5) is 59.6. The molecule has 234 valence electrons. The molecule has 2 amide bonds. The maximum Gasteiger partial charge on any atom is 0.350 e. The first-order valence-electron chi connectivity index (χ1n) is 10.8. The van der Waals surface area contributed by atoms with Crippen LogP contribution in [0.15, 0.2) is 52.4 Å². The van der Waals surface area contributed by atoms with Crippen molar-refractivity contribution < 1.29 is 66.2 Å². The number of β-lactam (4-membered cyclic amide) rings is 1. The number of pyridine rings is 1. The van der Waals surface area contributed by atoms with Crippen LogP contribution in [-0.2, 0) is 30.6 Å². The maximum atomic E-state index is 13.1. The topological polar surface area (TPSA) is 349 Å². The van der Waals surface area contributed by atoms with Crippen molar-refractivity contribution in [3.05, 3.63) is 52.9 Å². The van der Waals surface area contributed by atoms with E-state index in [1.807, 2.05) is 6.07 Å². The summed E-state index contributed by atoms with van der Waals surface area (Å²) < 4.78 is 1.78. The molecule has 0 bridgehead atoms. The third kappa shape index (κ3) is 7.97. The van der Waals surface area contributed by atoms with Crippen molar-refractivity contribution in [2.45, 2.75) is 37.4 Å². The van der Waals surface area contributed by atoms with Gasteiger partial charge in [-0.05, 0) is 13.8 Å². The molecule has 2 aromatic rings. The Morgan fingerprint density at radius 1 is 1.21 bits per heavy atom. The molecule has 20 heteroatoms. The van der Waals surface area contributed by atoms with Crippen molar-refractivity contribution in [1.29, 1.82) is 0 Å². The minimum Gasteiger partial charge on any atom is -0.543 e. The second-order valence-corrected chi connectivity index (χ2v) is 10.6. The molecule has 0 aromatic carbocycles. The molecule has 42 heavy (non-hydrogen) atoms. The van der Waals surface area contributed by atoms with Gasteiger partial charge in [0.2, 0.25) is 5.60 Å². The molecular formula is C22H32N6O12S2. The molecule has 18 nitrogen and oxygen atoms in total. The average molecular weight is 637 g/mol. The zero-order valence-corrected chi connectivity index (χ0v) is 23.7. The van der Waals surface area contributed by atoms with Crippen molar-refractivity contribution in [2.24, 2.45) is 5.16 Å². The lowest BCUT2D eigenvalue weighted by molar-refractivity contribution is -0.689. The number of thioether (sulfide) groups is 1. The summed E-state index contributed by atoms with van der Waals surface area (Å²) in [7, 11) is 0. The standard InChI is InChI=1S/C22H22N6O7S2.5H2O/c1-22(2,20(33)34)35-26-13(12-10-37-21(23)24-12)16(29)25-14-17(30)28-15(19(31)32)11(9-36-18(14)28)8-27-6-4-3-5-7-27;;;;;/h3-7,10,14,18H,8-9H2,1-2H3,(H4-,23,24,25,29,31,32,33,34);5*1H2/b26-13-;;;;;/t14-,18-;;;;;/m0...../s1. The normalized spacial score (nSPS) is 17.3. The Morgan fingerprint density at radius 2 is 1.83 bits per heavy atom. The first-order valence-corrected chi connectivity index (χ1v) is 12.8. The van der Waals surface area contributed by atoms with E-state index in [2.05, 4.69) is 15.5 Å². The van der Waals surface area contributed by atoms with E-state index < -0.39 is 40.8 Å². The molecule has 0 unspecified atom stereocenters. The number of nitrogens with two attached hydrogens (primary N) is 1. The van der Waals surface area contributed by atoms with E-state index in [9.17, 15) is 29.4 Å². The SMILES string of the molecule is CC(C)(O/N=C(\C(=O)N[C@H]1C(=O)N2C(C(=O)[O-])=C(C[n+]3ccccc3)CS[C@@H]12)c1csc(N)n1)C(=O)O.O.O.O.O.O. The molecule has 2 aliphatic rings. The zero-order chi connectivity index (χ0) is 26.9. The Hall–Kier alpha value is -4.18. The fraction of sp³-hybridized carbons (Fsp3) is 0.318. The number of anilines is 1. The Morgan fingerprint density at radius 3 is 2.36 bits per heavy atom. The van der Waals surface area contributed by atoms with E-state index in [4.69, 9.17) is 10.6 Å². The lowest BCUT2D eigenvalue weighted by Gasteiger charge is -2.50. The maximum absolute atomic E-state index is 13.1. The fourth-order valence-corrected chi connectivity index (χ4v) is 5.45. The average Bonchev–Trinajstić information content (AvgIpc) is 3.28. The lowest BCUT2D eigenvalue weighted by Crippen LogP contribution is -2.71. The Labute approximate surface area is 246 Å². The summed E-state index contributed by atoms with van der Waals surface area (Å²) in [5.41, 5.74) is 3.83. The third-order valence-corrected chi connectivity index (χ3v) is 7.55. The Kier molecular flexibility index (Phi) is 15.0. The van der Waals surface area contributed by atoms with Crippen LogP contribution in [0.1, 0.15) is 19.5 Å². The molecule has 4 rings (SSSR count).